The lowest BCUT2D eigenvalue weighted by Crippen LogP contribution is -2.41. The van der Waals surface area contributed by atoms with Gasteiger partial charge in [0.05, 0.1) is 54.6 Å². The minimum absolute atomic E-state index is 0.120. The van der Waals surface area contributed by atoms with Crippen molar-refractivity contribution < 1.29 is 18.9 Å². The molecule has 0 aliphatic carbocycles. The highest BCUT2D eigenvalue weighted by Crippen LogP contribution is 2.16. The molecule has 0 radical (unpaired) electrons. The van der Waals surface area contributed by atoms with E-state index in [1.54, 1.807) is 89.1 Å². The lowest BCUT2D eigenvalue weighted by atomic mass is 10.2. The van der Waals surface area contributed by atoms with Crippen LogP contribution in [0.25, 0.3) is 0 Å². The zero-order valence-electron chi connectivity index (χ0n) is 38.8. The summed E-state index contributed by atoms with van der Waals surface area (Å²) in [5.74, 6) is 15.1. The predicted octanol–water partition coefficient (Wildman–Crippen LogP) is 5.00. The van der Waals surface area contributed by atoms with E-state index in [9.17, 15) is 19.2 Å². The standard InChI is InChI=1S/2C27H24N4O4/c2*1-34-23-12-6-19(7-13-23)17-30-22(11-10-21-4-3-5-25(28)29-21)16-26(32)31(27(30)33)18-20-8-14-24(35-2)15-9-20/h2*3-9,12-16H,17-18H2,1-2H3,(H2,28,29). The lowest BCUT2D eigenvalue weighted by Gasteiger charge is -2.13. The minimum Gasteiger partial charge on any atom is -0.497 e. The summed E-state index contributed by atoms with van der Waals surface area (Å²) in [4.78, 5) is 61.2. The molecule has 8 rings (SSSR count). The number of nitrogens with zero attached hydrogens (tertiary/aromatic N) is 6. The molecule has 0 saturated carbocycles. The number of aromatic nitrogens is 6. The van der Waals surface area contributed by atoms with Gasteiger partial charge in [-0.1, -0.05) is 60.7 Å². The van der Waals surface area contributed by atoms with Crippen LogP contribution in [0.3, 0.4) is 0 Å². The maximum atomic E-state index is 13.5. The van der Waals surface area contributed by atoms with Crippen molar-refractivity contribution in [3.05, 3.63) is 232 Å². The van der Waals surface area contributed by atoms with E-state index >= 15 is 0 Å². The van der Waals surface area contributed by atoms with Crippen molar-refractivity contribution in [3.8, 4) is 46.7 Å². The van der Waals surface area contributed by atoms with Gasteiger partial charge in [-0.15, -0.1) is 0 Å². The van der Waals surface area contributed by atoms with Crippen molar-refractivity contribution in [1.29, 1.82) is 0 Å². The van der Waals surface area contributed by atoms with Crippen LogP contribution in [0.15, 0.2) is 165 Å². The Hall–Kier alpha value is -9.54. The van der Waals surface area contributed by atoms with Crippen molar-refractivity contribution in [2.45, 2.75) is 26.2 Å². The Morgan fingerprint density at radius 2 is 0.686 bits per heavy atom. The van der Waals surface area contributed by atoms with Crippen LogP contribution in [-0.2, 0) is 26.2 Å². The molecule has 4 aromatic heterocycles. The van der Waals surface area contributed by atoms with Crippen molar-refractivity contribution in [1.82, 2.24) is 28.2 Å². The Kier molecular flexibility index (Phi) is 15.7. The number of pyridine rings is 2. The molecule has 0 aliphatic heterocycles. The fraction of sp³-hybridized carbons (Fsp3) is 0.148. The number of benzene rings is 4. The summed E-state index contributed by atoms with van der Waals surface area (Å²) >= 11 is 0. The molecular formula is C54H48N8O8. The third-order valence-electron chi connectivity index (χ3n) is 10.7. The molecule has 16 nitrogen and oxygen atoms in total. The SMILES string of the molecule is COc1ccc(Cn2c(C#Cc3cccc(N)n3)cc(=O)n(Cc3ccc(OC)cc3)c2=O)cc1.COc1ccc(Cn2c(C#Cc3cccc(N)n3)cc(=O)n(Cc3ccc(OC)cc3)c2=O)cc1. The first-order chi connectivity index (χ1) is 33.9. The first-order valence-electron chi connectivity index (χ1n) is 21.6. The number of nitrogen functional groups attached to an aromatic ring is 2. The topological polar surface area (TPSA) is 203 Å². The molecule has 0 bridgehead atoms. The van der Waals surface area contributed by atoms with Gasteiger partial charge in [-0.2, -0.15) is 0 Å². The van der Waals surface area contributed by atoms with E-state index in [4.69, 9.17) is 30.4 Å². The number of rotatable bonds is 12. The molecule has 4 N–H and O–H groups in total. The fourth-order valence-corrected chi connectivity index (χ4v) is 6.99. The quantitative estimate of drug-likeness (QED) is 0.156. The predicted molar refractivity (Wildman–Crippen MR) is 268 cm³/mol. The lowest BCUT2D eigenvalue weighted by molar-refractivity contribution is 0.414. The third kappa shape index (κ3) is 12.5. The van der Waals surface area contributed by atoms with Crippen LogP contribution in [0.2, 0.25) is 0 Å². The molecule has 0 atom stereocenters. The molecule has 0 saturated heterocycles. The van der Waals surface area contributed by atoms with E-state index in [0.29, 0.717) is 46.0 Å². The summed E-state index contributed by atoms with van der Waals surface area (Å²) in [6, 6.07) is 42.1. The molecule has 8 aromatic rings. The first-order valence-corrected chi connectivity index (χ1v) is 21.6. The van der Waals surface area contributed by atoms with Gasteiger partial charge < -0.3 is 30.4 Å². The van der Waals surface area contributed by atoms with Gasteiger partial charge in [0.25, 0.3) is 11.1 Å². The minimum atomic E-state index is -0.464. The van der Waals surface area contributed by atoms with Gasteiger partial charge in [0.1, 0.15) is 57.4 Å². The van der Waals surface area contributed by atoms with Crippen LogP contribution in [0.5, 0.6) is 23.0 Å². The molecule has 0 spiro atoms. The number of hydrogen-bond donors (Lipinski definition) is 2. The maximum Gasteiger partial charge on any atom is 0.332 e. The molecule has 4 aromatic carbocycles. The molecule has 0 aliphatic rings. The van der Waals surface area contributed by atoms with E-state index in [2.05, 4.69) is 33.6 Å². The van der Waals surface area contributed by atoms with Crippen LogP contribution in [0.1, 0.15) is 45.0 Å². The second-order valence-electron chi connectivity index (χ2n) is 15.4. The van der Waals surface area contributed by atoms with Gasteiger partial charge in [-0.3, -0.25) is 27.9 Å². The molecule has 70 heavy (non-hydrogen) atoms. The molecule has 0 unspecified atom stereocenters. The highest BCUT2D eigenvalue weighted by molar-refractivity contribution is 5.42. The zero-order valence-corrected chi connectivity index (χ0v) is 38.8. The van der Waals surface area contributed by atoms with Crippen LogP contribution >= 0.6 is 0 Å². The van der Waals surface area contributed by atoms with Gasteiger partial charge in [0, 0.05) is 12.1 Å². The summed E-state index contributed by atoms with van der Waals surface area (Å²) in [5.41, 5.74) is 14.4. The van der Waals surface area contributed by atoms with Gasteiger partial charge in [0.2, 0.25) is 0 Å². The van der Waals surface area contributed by atoms with E-state index in [1.165, 1.54) is 30.4 Å². The average Bonchev–Trinajstić information content (AvgIpc) is 3.38. The van der Waals surface area contributed by atoms with E-state index in [-0.39, 0.29) is 37.6 Å². The number of methoxy groups -OCH3 is 4. The van der Waals surface area contributed by atoms with Gasteiger partial charge in [0.15, 0.2) is 0 Å². The van der Waals surface area contributed by atoms with Crippen LogP contribution in [-0.4, -0.2) is 56.7 Å². The average molecular weight is 937 g/mol. The molecule has 16 heteroatoms. The van der Waals surface area contributed by atoms with Crippen molar-refractivity contribution >= 4 is 11.6 Å². The summed E-state index contributed by atoms with van der Waals surface area (Å²) in [7, 11) is 6.34. The summed E-state index contributed by atoms with van der Waals surface area (Å²) in [5, 5.41) is 0. The largest absolute Gasteiger partial charge is 0.497 e. The van der Waals surface area contributed by atoms with E-state index < -0.39 is 22.5 Å². The number of anilines is 2. The third-order valence-corrected chi connectivity index (χ3v) is 10.7. The normalized spacial score (nSPS) is 10.3. The Morgan fingerprint density at radius 1 is 0.400 bits per heavy atom. The Bertz CT molecular complexity index is 3250. The zero-order chi connectivity index (χ0) is 49.6. The van der Waals surface area contributed by atoms with Crippen LogP contribution in [0, 0.1) is 23.7 Å². The van der Waals surface area contributed by atoms with Crippen molar-refractivity contribution in [2.75, 3.05) is 39.9 Å². The number of hydrogen-bond acceptors (Lipinski definition) is 12. The second kappa shape index (κ2) is 22.8. The summed E-state index contributed by atoms with van der Waals surface area (Å²) < 4.78 is 26.1. The smallest absolute Gasteiger partial charge is 0.332 e. The molecule has 0 fully saturated rings. The molecule has 0 amide bonds. The van der Waals surface area contributed by atoms with Crippen LogP contribution < -0.4 is 52.9 Å². The second-order valence-corrected chi connectivity index (χ2v) is 15.4. The van der Waals surface area contributed by atoms with Gasteiger partial charge in [-0.25, -0.2) is 19.6 Å². The Balaban J connectivity index is 0.000000206. The number of ether oxygens (including phenoxy) is 4. The summed E-state index contributed by atoms with van der Waals surface area (Å²) in [6.07, 6.45) is 0. The van der Waals surface area contributed by atoms with E-state index in [0.717, 1.165) is 22.3 Å². The van der Waals surface area contributed by atoms with Gasteiger partial charge >= 0.3 is 11.4 Å². The monoisotopic (exact) mass is 936 g/mol. The van der Waals surface area contributed by atoms with Gasteiger partial charge in [-0.05, 0) is 119 Å². The molecule has 352 valence electrons. The highest BCUT2D eigenvalue weighted by atomic mass is 16.5. The highest BCUT2D eigenvalue weighted by Gasteiger charge is 2.14. The first kappa shape index (κ1) is 48.4. The Morgan fingerprint density at radius 3 is 0.957 bits per heavy atom. The molecular weight excluding hydrogens is 889 g/mol. The maximum absolute atomic E-state index is 13.5. The van der Waals surface area contributed by atoms with Crippen LogP contribution in [0.4, 0.5) is 11.6 Å². The van der Waals surface area contributed by atoms with Crippen molar-refractivity contribution in [2.24, 2.45) is 0 Å². The van der Waals surface area contributed by atoms with E-state index in [1.807, 2.05) is 72.8 Å². The fourth-order valence-electron chi connectivity index (χ4n) is 6.99. The summed E-state index contributed by atoms with van der Waals surface area (Å²) in [6.45, 7) is 0.684. The van der Waals surface area contributed by atoms with Crippen molar-refractivity contribution in [3.63, 3.8) is 0 Å². The molecule has 4 heterocycles. The number of nitrogens with two attached hydrogens (primary N) is 2. The Labute approximate surface area is 402 Å².